The fourth-order valence-corrected chi connectivity index (χ4v) is 6.97. The quantitative estimate of drug-likeness (QED) is 0.0991. The van der Waals surface area contributed by atoms with Gasteiger partial charge in [0.05, 0.1) is 25.5 Å². The number of rotatable bonds is 11. The molecule has 43 heavy (non-hydrogen) atoms. The van der Waals surface area contributed by atoms with Crippen LogP contribution in [0.3, 0.4) is 0 Å². The maximum Gasteiger partial charge on any atom is 0.359 e. The van der Waals surface area contributed by atoms with E-state index in [1.54, 1.807) is 0 Å². The van der Waals surface area contributed by atoms with Crippen molar-refractivity contribution in [2.45, 2.75) is 43.1 Å². The highest BCUT2D eigenvalue weighted by atomic mass is 35.5. The number of ether oxygens (including phenoxy) is 3. The van der Waals surface area contributed by atoms with Gasteiger partial charge in [-0.25, -0.2) is 31.1 Å². The number of nitrogens with zero attached hydrogens (tertiary/aromatic N) is 2. The molecular weight excluding hydrogens is 625 g/mol. The molecule has 14 heteroatoms. The molecule has 3 aromatic carbocycles. The number of carbonyl (C=O) groups is 1. The van der Waals surface area contributed by atoms with E-state index >= 15 is 13.2 Å². The Hall–Kier alpha value is -3.39. The Morgan fingerprint density at radius 1 is 1.02 bits per heavy atom. The summed E-state index contributed by atoms with van der Waals surface area (Å²) in [5.41, 5.74) is -2.12. The molecule has 1 aromatic heterocycles. The molecule has 4 aromatic rings. The smallest absolute Gasteiger partial charge is 0.359 e. The molecule has 230 valence electrons. The van der Waals surface area contributed by atoms with Crippen molar-refractivity contribution in [3.8, 4) is 16.9 Å². The van der Waals surface area contributed by atoms with Crippen molar-refractivity contribution in [2.24, 2.45) is 0 Å². The summed E-state index contributed by atoms with van der Waals surface area (Å²) in [5, 5.41) is 4.32. The predicted molar refractivity (Wildman–Crippen MR) is 159 cm³/mol. The van der Waals surface area contributed by atoms with E-state index in [2.05, 4.69) is 24.7 Å². The highest BCUT2D eigenvalue weighted by Crippen LogP contribution is 2.37. The van der Waals surface area contributed by atoms with Crippen molar-refractivity contribution in [1.29, 1.82) is 0 Å². The van der Waals surface area contributed by atoms with E-state index < -0.39 is 63.8 Å². The second-order valence-corrected chi connectivity index (χ2v) is 19.0. The minimum absolute atomic E-state index is 0.00891. The minimum Gasteiger partial charge on any atom is -0.495 e. The Balaban J connectivity index is 1.81. The molecule has 0 atom stereocenters. The van der Waals surface area contributed by atoms with Crippen LogP contribution < -0.4 is 4.74 Å². The molecule has 0 aliphatic carbocycles. The first kappa shape index (κ1) is 32.5. The molecular formula is C29H30ClF3N2O6SSi. The molecule has 0 bridgehead atoms. The van der Waals surface area contributed by atoms with Gasteiger partial charge in [0, 0.05) is 36.2 Å². The third kappa shape index (κ3) is 6.90. The second kappa shape index (κ2) is 12.7. The number of fused-ring (bicyclic) bond motifs is 1. The van der Waals surface area contributed by atoms with Crippen molar-refractivity contribution >= 4 is 46.4 Å². The van der Waals surface area contributed by atoms with Crippen molar-refractivity contribution in [2.75, 3.05) is 20.8 Å². The molecule has 0 aliphatic heterocycles. The molecule has 0 radical (unpaired) electrons. The van der Waals surface area contributed by atoms with Gasteiger partial charge in [-0.2, -0.15) is 5.10 Å². The average molecular weight is 655 g/mol. The van der Waals surface area contributed by atoms with Gasteiger partial charge in [-0.3, -0.25) is 0 Å². The SMILES string of the molecule is COC(=O)c1nn(COCC[Si](C)(C)C)c2c(F)c(-c3c(F)ccc(CS(=O)(=O)c4cc(Cl)ccc4OC)c3F)ccc12. The Morgan fingerprint density at radius 3 is 2.40 bits per heavy atom. The summed E-state index contributed by atoms with van der Waals surface area (Å²) in [6, 6.07) is 9.00. The number of hydrogen-bond acceptors (Lipinski definition) is 7. The van der Waals surface area contributed by atoms with Gasteiger partial charge in [-0.1, -0.05) is 43.4 Å². The van der Waals surface area contributed by atoms with Crippen LogP contribution in [0.5, 0.6) is 5.75 Å². The van der Waals surface area contributed by atoms with Crippen LogP contribution >= 0.6 is 11.6 Å². The van der Waals surface area contributed by atoms with E-state index in [1.165, 1.54) is 25.3 Å². The third-order valence-electron chi connectivity index (χ3n) is 6.69. The summed E-state index contributed by atoms with van der Waals surface area (Å²) in [4.78, 5) is 12.1. The fourth-order valence-electron chi connectivity index (χ4n) is 4.43. The Bertz CT molecular complexity index is 1810. The van der Waals surface area contributed by atoms with Crippen LogP contribution in [-0.2, 0) is 31.8 Å². The summed E-state index contributed by atoms with van der Waals surface area (Å²) in [6.45, 7) is 6.62. The lowest BCUT2D eigenvalue weighted by atomic mass is 9.99. The standard InChI is InChI=1S/C29H30ClF3N2O6SSi/c1-39-22-11-7-18(30)14-23(22)42(37,38)15-17-6-10-21(31)24(25(17)32)19-8-9-20-27(29(36)40-2)34-35(28(20)26(19)33)16-41-12-13-43(3,4)5/h6-11,14H,12-13,15-16H2,1-5H3. The van der Waals surface area contributed by atoms with Gasteiger partial charge < -0.3 is 14.2 Å². The summed E-state index contributed by atoms with van der Waals surface area (Å²) >= 11 is 5.98. The summed E-state index contributed by atoms with van der Waals surface area (Å²) < 4.78 is 90.5. The van der Waals surface area contributed by atoms with E-state index in [0.717, 1.165) is 42.1 Å². The van der Waals surface area contributed by atoms with Gasteiger partial charge in [0.1, 0.15) is 34.5 Å². The molecule has 0 aliphatic rings. The first-order valence-electron chi connectivity index (χ1n) is 13.1. The highest BCUT2D eigenvalue weighted by Gasteiger charge is 2.28. The van der Waals surface area contributed by atoms with E-state index in [-0.39, 0.29) is 39.0 Å². The van der Waals surface area contributed by atoms with Crippen LogP contribution in [0.1, 0.15) is 16.1 Å². The van der Waals surface area contributed by atoms with Crippen LogP contribution in [-0.4, -0.2) is 53.1 Å². The lowest BCUT2D eigenvalue weighted by Gasteiger charge is -2.16. The molecule has 0 amide bonds. The number of carbonyl (C=O) groups excluding carboxylic acids is 1. The van der Waals surface area contributed by atoms with Crippen molar-refractivity contribution < 1.29 is 40.6 Å². The fraction of sp³-hybridized carbons (Fsp3) is 0.310. The molecule has 0 saturated carbocycles. The van der Waals surface area contributed by atoms with Gasteiger partial charge in [0.25, 0.3) is 0 Å². The zero-order valence-electron chi connectivity index (χ0n) is 24.1. The summed E-state index contributed by atoms with van der Waals surface area (Å²) in [7, 11) is -3.27. The number of aromatic nitrogens is 2. The molecule has 0 fully saturated rings. The van der Waals surface area contributed by atoms with E-state index in [9.17, 15) is 13.2 Å². The van der Waals surface area contributed by atoms with E-state index in [0.29, 0.717) is 6.61 Å². The van der Waals surface area contributed by atoms with Crippen LogP contribution in [0, 0.1) is 17.5 Å². The number of hydrogen-bond donors (Lipinski definition) is 0. The lowest BCUT2D eigenvalue weighted by Crippen LogP contribution is -2.22. The molecule has 1 heterocycles. The first-order valence-corrected chi connectivity index (χ1v) is 18.8. The van der Waals surface area contributed by atoms with Crippen LogP contribution in [0.2, 0.25) is 30.7 Å². The molecule has 0 unspecified atom stereocenters. The Kier molecular flexibility index (Phi) is 9.59. The minimum atomic E-state index is -4.24. The number of benzene rings is 3. The topological polar surface area (TPSA) is 96.7 Å². The molecule has 0 saturated heterocycles. The van der Waals surface area contributed by atoms with E-state index in [1.807, 2.05) is 0 Å². The monoisotopic (exact) mass is 654 g/mol. The maximum atomic E-state index is 16.2. The first-order chi connectivity index (χ1) is 20.2. The van der Waals surface area contributed by atoms with Crippen molar-refractivity contribution in [3.05, 3.63) is 76.2 Å². The average Bonchev–Trinajstić information content (AvgIpc) is 3.32. The Labute approximate surface area is 253 Å². The number of sulfone groups is 1. The zero-order valence-corrected chi connectivity index (χ0v) is 26.7. The van der Waals surface area contributed by atoms with Gasteiger partial charge in [0.15, 0.2) is 21.3 Å². The van der Waals surface area contributed by atoms with E-state index in [4.69, 9.17) is 25.8 Å². The largest absolute Gasteiger partial charge is 0.495 e. The van der Waals surface area contributed by atoms with Crippen molar-refractivity contribution in [3.63, 3.8) is 0 Å². The molecule has 4 rings (SSSR count). The number of methoxy groups -OCH3 is 2. The van der Waals surface area contributed by atoms with Gasteiger partial charge >= 0.3 is 5.97 Å². The van der Waals surface area contributed by atoms with Gasteiger partial charge in [-0.05, 0) is 36.4 Å². The van der Waals surface area contributed by atoms with Crippen molar-refractivity contribution in [1.82, 2.24) is 9.78 Å². The van der Waals surface area contributed by atoms with Crippen LogP contribution in [0.25, 0.3) is 22.0 Å². The zero-order chi connectivity index (χ0) is 31.7. The Morgan fingerprint density at radius 2 is 1.74 bits per heavy atom. The van der Waals surface area contributed by atoms with Gasteiger partial charge in [-0.15, -0.1) is 0 Å². The normalized spacial score (nSPS) is 12.1. The summed E-state index contributed by atoms with van der Waals surface area (Å²) in [5.74, 6) is -5.20. The number of halogens is 4. The molecule has 0 N–H and O–H groups in total. The maximum absolute atomic E-state index is 16.2. The van der Waals surface area contributed by atoms with Crippen LogP contribution in [0.15, 0.2) is 47.4 Å². The lowest BCUT2D eigenvalue weighted by molar-refractivity contribution is 0.0585. The predicted octanol–water partition coefficient (Wildman–Crippen LogP) is 6.86. The van der Waals surface area contributed by atoms with Crippen LogP contribution in [0.4, 0.5) is 13.2 Å². The second-order valence-electron chi connectivity index (χ2n) is 11.0. The summed E-state index contributed by atoms with van der Waals surface area (Å²) in [6.07, 6.45) is 0. The third-order valence-corrected chi connectivity index (χ3v) is 10.3. The highest BCUT2D eigenvalue weighted by molar-refractivity contribution is 7.90. The van der Waals surface area contributed by atoms with Gasteiger partial charge in [0.2, 0.25) is 0 Å². The molecule has 0 spiro atoms. The molecule has 8 nitrogen and oxygen atoms in total. The number of esters is 1.